The third kappa shape index (κ3) is 3.29. The molecule has 21 heavy (non-hydrogen) atoms. The number of benzene rings is 1. The average Bonchev–Trinajstić information content (AvgIpc) is 2.72. The molecule has 0 spiro atoms. The zero-order valence-corrected chi connectivity index (χ0v) is 10.5. The number of nitrogens with zero attached hydrogens (tertiary/aromatic N) is 2. The van der Waals surface area contributed by atoms with Crippen molar-refractivity contribution in [3.8, 4) is 11.6 Å². The van der Waals surface area contributed by atoms with Crippen LogP contribution in [0.25, 0.3) is 0 Å². The van der Waals surface area contributed by atoms with Gasteiger partial charge in [-0.1, -0.05) is 6.07 Å². The molecule has 0 aliphatic rings. The maximum atomic E-state index is 12.9. The molecule has 0 aliphatic carbocycles. The van der Waals surface area contributed by atoms with Gasteiger partial charge in [-0.2, -0.15) is 26.3 Å². The van der Waals surface area contributed by atoms with E-state index in [1.165, 1.54) is 17.9 Å². The van der Waals surface area contributed by atoms with E-state index in [0.717, 1.165) is 6.07 Å². The van der Waals surface area contributed by atoms with Crippen LogP contribution in [0.5, 0.6) is 11.6 Å². The van der Waals surface area contributed by atoms with Crippen LogP contribution in [0, 0.1) is 0 Å². The first kappa shape index (κ1) is 15.2. The third-order valence-electron chi connectivity index (χ3n) is 2.52. The van der Waals surface area contributed by atoms with Gasteiger partial charge in [0, 0.05) is 19.3 Å². The molecule has 1 heterocycles. The van der Waals surface area contributed by atoms with E-state index >= 15 is 0 Å². The number of aryl methyl sites for hydroxylation is 1. The maximum Gasteiger partial charge on any atom is 0.420 e. The average molecular weight is 310 g/mol. The highest BCUT2D eigenvalue weighted by molar-refractivity contribution is 5.46. The molecule has 2 rings (SSSR count). The molecule has 0 unspecified atom stereocenters. The standard InChI is InChI=1S/C12H8F6N2O/c1-20-6-5-9(19-20)21-10-7(11(13,14)15)3-2-4-8(10)12(16,17)18/h2-6H,1H3. The monoisotopic (exact) mass is 310 g/mol. The minimum absolute atomic E-state index is 0.361. The lowest BCUT2D eigenvalue weighted by Gasteiger charge is -2.17. The van der Waals surface area contributed by atoms with Crippen molar-refractivity contribution < 1.29 is 31.1 Å². The Bertz CT molecular complexity index is 612. The summed E-state index contributed by atoms with van der Waals surface area (Å²) in [5, 5.41) is 3.61. The molecule has 0 fully saturated rings. The molecule has 2 aromatic rings. The number of ether oxygens (including phenoxy) is 1. The molecule has 1 aromatic heterocycles. The van der Waals surface area contributed by atoms with Crippen LogP contribution in [0.2, 0.25) is 0 Å². The van der Waals surface area contributed by atoms with E-state index in [0.29, 0.717) is 18.2 Å². The van der Waals surface area contributed by atoms with E-state index in [2.05, 4.69) is 5.10 Å². The first-order chi connectivity index (χ1) is 9.59. The van der Waals surface area contributed by atoms with Gasteiger partial charge in [-0.3, -0.25) is 4.68 Å². The summed E-state index contributed by atoms with van der Waals surface area (Å²) in [6, 6.07) is 2.88. The van der Waals surface area contributed by atoms with Gasteiger partial charge in [0.25, 0.3) is 0 Å². The molecule has 0 N–H and O–H groups in total. The second kappa shape index (κ2) is 4.97. The van der Waals surface area contributed by atoms with Crippen molar-refractivity contribution >= 4 is 0 Å². The van der Waals surface area contributed by atoms with Crippen LogP contribution in [0.1, 0.15) is 11.1 Å². The van der Waals surface area contributed by atoms with Crippen molar-refractivity contribution in [3.05, 3.63) is 41.6 Å². The highest BCUT2D eigenvalue weighted by atomic mass is 19.4. The largest absolute Gasteiger partial charge is 0.436 e. The number of halogens is 6. The van der Waals surface area contributed by atoms with Gasteiger partial charge in [0.05, 0.1) is 11.1 Å². The van der Waals surface area contributed by atoms with Gasteiger partial charge in [0.15, 0.2) is 5.75 Å². The van der Waals surface area contributed by atoms with Crippen molar-refractivity contribution in [2.75, 3.05) is 0 Å². The predicted molar refractivity (Wildman–Crippen MR) is 59.7 cm³/mol. The highest BCUT2D eigenvalue weighted by Crippen LogP contribution is 2.45. The SMILES string of the molecule is Cn1ccc(Oc2c(C(F)(F)F)cccc2C(F)(F)F)n1. The van der Waals surface area contributed by atoms with Gasteiger partial charge in [-0.05, 0) is 12.1 Å². The van der Waals surface area contributed by atoms with Crippen molar-refractivity contribution in [2.45, 2.75) is 12.4 Å². The predicted octanol–water partition coefficient (Wildman–Crippen LogP) is 4.25. The second-order valence-corrected chi connectivity index (χ2v) is 4.11. The lowest BCUT2D eigenvalue weighted by Crippen LogP contribution is -2.13. The summed E-state index contributed by atoms with van der Waals surface area (Å²) in [6.45, 7) is 0. The number of alkyl halides is 6. The molecular weight excluding hydrogens is 302 g/mol. The van der Waals surface area contributed by atoms with E-state index in [9.17, 15) is 26.3 Å². The molecule has 9 heteroatoms. The smallest absolute Gasteiger partial charge is 0.420 e. The Kier molecular flexibility index (Phi) is 3.60. The molecule has 0 saturated heterocycles. The highest BCUT2D eigenvalue weighted by Gasteiger charge is 2.42. The van der Waals surface area contributed by atoms with E-state index < -0.39 is 29.2 Å². The van der Waals surface area contributed by atoms with Crippen molar-refractivity contribution in [3.63, 3.8) is 0 Å². The van der Waals surface area contributed by atoms with Crippen LogP contribution in [0.15, 0.2) is 30.5 Å². The van der Waals surface area contributed by atoms with Crippen LogP contribution < -0.4 is 4.74 Å². The molecule has 1 aromatic carbocycles. The zero-order chi connectivity index (χ0) is 15.8. The lowest BCUT2D eigenvalue weighted by molar-refractivity contribution is -0.145. The van der Waals surface area contributed by atoms with E-state index in [-0.39, 0.29) is 5.88 Å². The Hall–Kier alpha value is -2.19. The number of aromatic nitrogens is 2. The van der Waals surface area contributed by atoms with Crippen LogP contribution in [0.3, 0.4) is 0 Å². The van der Waals surface area contributed by atoms with Crippen LogP contribution in [0.4, 0.5) is 26.3 Å². The first-order valence-electron chi connectivity index (χ1n) is 5.54. The molecule has 0 aliphatic heterocycles. The molecule has 0 bridgehead atoms. The zero-order valence-electron chi connectivity index (χ0n) is 10.5. The summed E-state index contributed by atoms with van der Waals surface area (Å²) in [5.74, 6) is -1.67. The summed E-state index contributed by atoms with van der Waals surface area (Å²) in [4.78, 5) is 0. The summed E-state index contributed by atoms with van der Waals surface area (Å²) in [6.07, 6.45) is -8.63. The fourth-order valence-electron chi connectivity index (χ4n) is 1.65. The summed E-state index contributed by atoms with van der Waals surface area (Å²) >= 11 is 0. The minimum Gasteiger partial charge on any atom is -0.436 e. The quantitative estimate of drug-likeness (QED) is 0.775. The van der Waals surface area contributed by atoms with Crippen LogP contribution in [-0.4, -0.2) is 9.78 Å². The summed E-state index contributed by atoms with van der Waals surface area (Å²) < 4.78 is 83.0. The van der Waals surface area contributed by atoms with E-state index in [4.69, 9.17) is 4.74 Å². The molecule has 114 valence electrons. The van der Waals surface area contributed by atoms with E-state index in [1.807, 2.05) is 0 Å². The third-order valence-corrected chi connectivity index (χ3v) is 2.52. The van der Waals surface area contributed by atoms with Crippen molar-refractivity contribution in [2.24, 2.45) is 7.05 Å². The normalized spacial score (nSPS) is 12.5. The second-order valence-electron chi connectivity index (χ2n) is 4.11. The number of para-hydroxylation sites is 1. The van der Waals surface area contributed by atoms with Gasteiger partial charge < -0.3 is 4.74 Å². The van der Waals surface area contributed by atoms with Crippen molar-refractivity contribution in [1.29, 1.82) is 0 Å². The van der Waals surface area contributed by atoms with Gasteiger partial charge in [0.1, 0.15) is 0 Å². The fraction of sp³-hybridized carbons (Fsp3) is 0.250. The Morgan fingerprint density at radius 1 is 0.952 bits per heavy atom. The van der Waals surface area contributed by atoms with Crippen LogP contribution in [-0.2, 0) is 19.4 Å². The topological polar surface area (TPSA) is 27.1 Å². The van der Waals surface area contributed by atoms with Crippen molar-refractivity contribution in [1.82, 2.24) is 9.78 Å². The molecule has 3 nitrogen and oxygen atoms in total. The van der Waals surface area contributed by atoms with Gasteiger partial charge in [-0.25, -0.2) is 0 Å². The number of hydrogen-bond acceptors (Lipinski definition) is 2. The van der Waals surface area contributed by atoms with Gasteiger partial charge >= 0.3 is 12.4 Å². The van der Waals surface area contributed by atoms with Gasteiger partial charge in [-0.15, -0.1) is 5.10 Å². The van der Waals surface area contributed by atoms with Gasteiger partial charge in [0.2, 0.25) is 5.88 Å². The Balaban J connectivity index is 2.58. The Morgan fingerprint density at radius 2 is 1.48 bits per heavy atom. The Morgan fingerprint density at radius 3 is 1.86 bits per heavy atom. The summed E-state index contributed by atoms with van der Waals surface area (Å²) in [5.41, 5.74) is -3.02. The van der Waals surface area contributed by atoms with E-state index in [1.54, 1.807) is 0 Å². The van der Waals surface area contributed by atoms with Crippen LogP contribution >= 0.6 is 0 Å². The molecule has 0 amide bonds. The molecular formula is C12H8F6N2O. The number of hydrogen-bond donors (Lipinski definition) is 0. The fourth-order valence-corrected chi connectivity index (χ4v) is 1.65. The Labute approximate surface area is 114 Å². The minimum atomic E-state index is -4.98. The maximum absolute atomic E-state index is 12.9. The summed E-state index contributed by atoms with van der Waals surface area (Å²) in [7, 11) is 1.45. The molecule has 0 radical (unpaired) electrons. The molecule has 0 saturated carbocycles. The lowest BCUT2D eigenvalue weighted by atomic mass is 10.1. The molecule has 0 atom stereocenters. The number of rotatable bonds is 2. The first-order valence-corrected chi connectivity index (χ1v) is 5.54.